The number of thiazole rings is 1. The van der Waals surface area contributed by atoms with E-state index in [1.165, 1.54) is 29.3 Å². The molecule has 0 aliphatic heterocycles. The fourth-order valence-corrected chi connectivity index (χ4v) is 2.74. The Kier molecular flexibility index (Phi) is 3.36. The van der Waals surface area contributed by atoms with Crippen LogP contribution in [0.2, 0.25) is 4.34 Å². The molecule has 0 spiro atoms. The van der Waals surface area contributed by atoms with E-state index < -0.39 is 5.97 Å². The molecule has 7 nitrogen and oxygen atoms in total. The van der Waals surface area contributed by atoms with Crippen molar-refractivity contribution in [1.29, 1.82) is 0 Å². The van der Waals surface area contributed by atoms with Gasteiger partial charge in [-0.2, -0.15) is 4.80 Å². The van der Waals surface area contributed by atoms with Gasteiger partial charge in [-0.25, -0.2) is 4.98 Å². The number of nitrogens with zero attached hydrogens (tertiary/aromatic N) is 5. The monoisotopic (exact) mass is 277 g/mol. The predicted octanol–water partition coefficient (Wildman–Crippen LogP) is 1.02. The van der Waals surface area contributed by atoms with Crippen LogP contribution in [0.1, 0.15) is 0 Å². The first-order chi connectivity index (χ1) is 7.63. The van der Waals surface area contributed by atoms with E-state index in [1.807, 2.05) is 0 Å². The molecule has 0 unspecified atom stereocenters. The van der Waals surface area contributed by atoms with Gasteiger partial charge in [0.05, 0.1) is 6.20 Å². The summed E-state index contributed by atoms with van der Waals surface area (Å²) in [7, 11) is 0. The Hall–Kier alpha value is -1.19. The Labute approximate surface area is 102 Å². The second-order valence-electron chi connectivity index (χ2n) is 2.53. The van der Waals surface area contributed by atoms with Crippen molar-refractivity contribution in [1.82, 2.24) is 25.2 Å². The smallest absolute Gasteiger partial charge is 0.327 e. The zero-order valence-electron chi connectivity index (χ0n) is 7.57. The average Bonchev–Trinajstić information content (AvgIpc) is 2.76. The summed E-state index contributed by atoms with van der Waals surface area (Å²) in [5, 5.41) is 20.0. The molecule has 0 amide bonds. The van der Waals surface area contributed by atoms with Gasteiger partial charge in [0, 0.05) is 0 Å². The SMILES string of the molecule is O=C(O)Cn1nnc(Sc2ncc(Cl)s2)n1. The molecule has 84 valence electrons. The van der Waals surface area contributed by atoms with Gasteiger partial charge in [-0.3, -0.25) is 4.79 Å². The number of rotatable bonds is 4. The van der Waals surface area contributed by atoms with Gasteiger partial charge in [-0.15, -0.1) is 10.2 Å². The van der Waals surface area contributed by atoms with E-state index in [1.54, 1.807) is 0 Å². The quantitative estimate of drug-likeness (QED) is 0.891. The van der Waals surface area contributed by atoms with Gasteiger partial charge in [0.15, 0.2) is 10.9 Å². The Morgan fingerprint density at radius 3 is 3.12 bits per heavy atom. The second-order valence-corrected chi connectivity index (χ2v) is 5.40. The summed E-state index contributed by atoms with van der Waals surface area (Å²) < 4.78 is 1.25. The molecule has 16 heavy (non-hydrogen) atoms. The van der Waals surface area contributed by atoms with Crippen LogP contribution < -0.4 is 0 Å². The highest BCUT2D eigenvalue weighted by molar-refractivity contribution is 8.00. The van der Waals surface area contributed by atoms with Gasteiger partial charge in [-0.05, 0) is 17.0 Å². The van der Waals surface area contributed by atoms with Crippen molar-refractivity contribution in [2.75, 3.05) is 0 Å². The molecule has 0 aliphatic carbocycles. The lowest BCUT2D eigenvalue weighted by atomic mass is 10.7. The molecule has 2 aromatic heterocycles. The van der Waals surface area contributed by atoms with Crippen LogP contribution in [-0.4, -0.2) is 36.3 Å². The summed E-state index contributed by atoms with van der Waals surface area (Å²) in [6.45, 7) is -0.313. The first kappa shape index (κ1) is 11.3. The minimum atomic E-state index is -1.02. The number of aromatic nitrogens is 5. The lowest BCUT2D eigenvalue weighted by Gasteiger charge is -1.89. The molecule has 2 rings (SSSR count). The molecular formula is C6H4ClN5O2S2. The summed E-state index contributed by atoms with van der Waals surface area (Å²) >= 11 is 8.17. The lowest BCUT2D eigenvalue weighted by Crippen LogP contribution is -2.11. The number of tetrazole rings is 1. The first-order valence-corrected chi connectivity index (χ1v) is 5.93. The second kappa shape index (κ2) is 4.76. The van der Waals surface area contributed by atoms with Crippen LogP contribution in [0.15, 0.2) is 15.7 Å². The molecule has 0 radical (unpaired) electrons. The van der Waals surface area contributed by atoms with Crippen molar-refractivity contribution in [2.45, 2.75) is 16.0 Å². The number of carbonyl (C=O) groups is 1. The lowest BCUT2D eigenvalue weighted by molar-refractivity contribution is -0.138. The van der Waals surface area contributed by atoms with Crippen LogP contribution in [0.4, 0.5) is 0 Å². The van der Waals surface area contributed by atoms with Gasteiger partial charge >= 0.3 is 5.97 Å². The standard InChI is InChI=1S/C6H4ClN5O2S2/c7-3-1-8-6(15-3)16-5-9-11-12(10-5)2-4(13)14/h1H,2H2,(H,13,14). The fourth-order valence-electron chi connectivity index (χ4n) is 0.822. The minimum Gasteiger partial charge on any atom is -0.480 e. The number of halogens is 1. The zero-order valence-corrected chi connectivity index (χ0v) is 9.96. The maximum absolute atomic E-state index is 10.4. The molecule has 0 saturated carbocycles. The maximum Gasteiger partial charge on any atom is 0.327 e. The highest BCUT2D eigenvalue weighted by Crippen LogP contribution is 2.30. The van der Waals surface area contributed by atoms with E-state index in [-0.39, 0.29) is 6.54 Å². The zero-order chi connectivity index (χ0) is 11.5. The molecule has 2 heterocycles. The van der Waals surface area contributed by atoms with Crippen molar-refractivity contribution >= 4 is 40.7 Å². The Balaban J connectivity index is 2.05. The molecule has 0 saturated heterocycles. The number of hydrogen-bond donors (Lipinski definition) is 1. The van der Waals surface area contributed by atoms with E-state index in [9.17, 15) is 4.79 Å². The average molecular weight is 278 g/mol. The molecule has 0 bridgehead atoms. The highest BCUT2D eigenvalue weighted by atomic mass is 35.5. The number of hydrogen-bond acceptors (Lipinski definition) is 7. The van der Waals surface area contributed by atoms with E-state index in [0.29, 0.717) is 13.8 Å². The summed E-state index contributed by atoms with van der Waals surface area (Å²) in [6, 6.07) is 0. The van der Waals surface area contributed by atoms with Crippen LogP contribution >= 0.6 is 34.7 Å². The Morgan fingerprint density at radius 1 is 1.69 bits per heavy atom. The molecule has 10 heteroatoms. The van der Waals surface area contributed by atoms with Crippen LogP contribution in [0.3, 0.4) is 0 Å². The van der Waals surface area contributed by atoms with Crippen LogP contribution in [0, 0.1) is 0 Å². The first-order valence-electron chi connectivity index (χ1n) is 3.92. The summed E-state index contributed by atoms with van der Waals surface area (Å²) in [5.41, 5.74) is 0. The number of carboxylic acids is 1. The van der Waals surface area contributed by atoms with Crippen molar-refractivity contribution in [3.8, 4) is 0 Å². The van der Waals surface area contributed by atoms with Crippen molar-refractivity contribution in [3.63, 3.8) is 0 Å². The molecule has 0 aromatic carbocycles. The third-order valence-electron chi connectivity index (χ3n) is 1.35. The van der Waals surface area contributed by atoms with Gasteiger partial charge in [-0.1, -0.05) is 22.9 Å². The summed E-state index contributed by atoms with van der Waals surface area (Å²) in [5.74, 6) is -1.02. The van der Waals surface area contributed by atoms with Gasteiger partial charge < -0.3 is 5.11 Å². The fraction of sp³-hybridized carbons (Fsp3) is 0.167. The van der Waals surface area contributed by atoms with Crippen molar-refractivity contribution in [2.24, 2.45) is 0 Å². The number of carboxylic acid groups (broad SMARTS) is 1. The van der Waals surface area contributed by atoms with E-state index in [4.69, 9.17) is 16.7 Å². The summed E-state index contributed by atoms with van der Waals surface area (Å²) in [4.78, 5) is 15.4. The third-order valence-corrected chi connectivity index (χ3v) is 3.38. The minimum absolute atomic E-state index is 0.313. The molecule has 2 aromatic rings. The van der Waals surface area contributed by atoms with Crippen LogP contribution in [0.5, 0.6) is 0 Å². The Morgan fingerprint density at radius 2 is 2.50 bits per heavy atom. The van der Waals surface area contributed by atoms with E-state index in [0.717, 1.165) is 4.80 Å². The van der Waals surface area contributed by atoms with Gasteiger partial charge in [0.2, 0.25) is 5.16 Å². The largest absolute Gasteiger partial charge is 0.480 e. The normalized spacial score (nSPS) is 10.6. The predicted molar refractivity (Wildman–Crippen MR) is 56.7 cm³/mol. The molecule has 0 fully saturated rings. The van der Waals surface area contributed by atoms with Gasteiger partial charge in [0.25, 0.3) is 0 Å². The molecule has 0 atom stereocenters. The van der Waals surface area contributed by atoms with Crippen LogP contribution in [0.25, 0.3) is 0 Å². The molecular weight excluding hydrogens is 274 g/mol. The molecule has 1 N–H and O–H groups in total. The Bertz CT molecular complexity index is 512. The van der Waals surface area contributed by atoms with Crippen LogP contribution in [-0.2, 0) is 11.3 Å². The van der Waals surface area contributed by atoms with Gasteiger partial charge in [0.1, 0.15) is 4.34 Å². The molecule has 0 aliphatic rings. The third kappa shape index (κ3) is 2.90. The van der Waals surface area contributed by atoms with E-state index >= 15 is 0 Å². The maximum atomic E-state index is 10.4. The summed E-state index contributed by atoms with van der Waals surface area (Å²) in [6.07, 6.45) is 1.52. The van der Waals surface area contributed by atoms with Crippen molar-refractivity contribution < 1.29 is 9.90 Å². The van der Waals surface area contributed by atoms with Crippen molar-refractivity contribution in [3.05, 3.63) is 10.5 Å². The number of aliphatic carboxylic acids is 1. The highest BCUT2D eigenvalue weighted by Gasteiger charge is 2.09. The van der Waals surface area contributed by atoms with E-state index in [2.05, 4.69) is 20.4 Å². The topological polar surface area (TPSA) is 93.8 Å².